The van der Waals surface area contributed by atoms with Gasteiger partial charge in [0.1, 0.15) is 5.75 Å². The van der Waals surface area contributed by atoms with Gasteiger partial charge in [0.25, 0.3) is 5.91 Å². The zero-order valence-electron chi connectivity index (χ0n) is 16.5. The van der Waals surface area contributed by atoms with Crippen LogP contribution < -0.4 is 10.1 Å². The van der Waals surface area contributed by atoms with Crippen molar-refractivity contribution in [3.05, 3.63) is 41.2 Å². The second kappa shape index (κ2) is 9.21. The van der Waals surface area contributed by atoms with Crippen LogP contribution in [0.25, 0.3) is 0 Å². The van der Waals surface area contributed by atoms with E-state index in [1.54, 1.807) is 31.4 Å². The number of benzene rings is 1. The first-order valence-corrected chi connectivity index (χ1v) is 8.92. The maximum atomic E-state index is 12.1. The molecule has 2 aromatic rings. The van der Waals surface area contributed by atoms with Crippen LogP contribution in [0.1, 0.15) is 30.8 Å². The lowest BCUT2D eigenvalue weighted by molar-refractivity contribution is -0.146. The van der Waals surface area contributed by atoms with Crippen molar-refractivity contribution in [3.63, 3.8) is 0 Å². The molecule has 27 heavy (non-hydrogen) atoms. The average molecular weight is 373 g/mol. The Labute approximate surface area is 159 Å². The third-order valence-corrected chi connectivity index (χ3v) is 4.13. The molecule has 2 rings (SSSR count). The Bertz CT molecular complexity index is 794. The Morgan fingerprint density at radius 1 is 1.19 bits per heavy atom. The number of rotatable bonds is 8. The van der Waals surface area contributed by atoms with E-state index in [9.17, 15) is 9.59 Å². The van der Waals surface area contributed by atoms with Gasteiger partial charge in [-0.05, 0) is 44.0 Å². The number of aryl methyl sites for hydroxylation is 1. The molecule has 1 heterocycles. The number of nitrogens with zero attached hydrogens (tertiary/aromatic N) is 2. The van der Waals surface area contributed by atoms with E-state index in [0.29, 0.717) is 17.4 Å². The topological polar surface area (TPSA) is 82.4 Å². The Hall–Kier alpha value is -2.83. The van der Waals surface area contributed by atoms with Gasteiger partial charge in [0.15, 0.2) is 6.61 Å². The minimum Gasteiger partial charge on any atom is -0.497 e. The highest BCUT2D eigenvalue weighted by molar-refractivity contribution is 5.92. The molecule has 0 bridgehead atoms. The summed E-state index contributed by atoms with van der Waals surface area (Å²) in [6.07, 6.45) is 0.103. The predicted octanol–water partition coefficient (Wildman–Crippen LogP) is 2.89. The molecular formula is C20H27N3O4. The summed E-state index contributed by atoms with van der Waals surface area (Å²) in [6, 6.07) is 6.91. The number of carbonyl (C=O) groups is 2. The lowest BCUT2D eigenvalue weighted by atomic mass is 10.1. The first-order chi connectivity index (χ1) is 12.8. The van der Waals surface area contributed by atoms with Crippen LogP contribution in [0.3, 0.4) is 0 Å². The number of methoxy groups -OCH3 is 1. The van der Waals surface area contributed by atoms with Gasteiger partial charge in [-0.1, -0.05) is 13.8 Å². The highest BCUT2D eigenvalue weighted by Gasteiger charge is 2.17. The minimum absolute atomic E-state index is 0.103. The summed E-state index contributed by atoms with van der Waals surface area (Å²) < 4.78 is 12.1. The summed E-state index contributed by atoms with van der Waals surface area (Å²) in [5, 5.41) is 7.16. The average Bonchev–Trinajstić information content (AvgIpc) is 2.87. The van der Waals surface area contributed by atoms with Gasteiger partial charge >= 0.3 is 5.97 Å². The highest BCUT2D eigenvalue weighted by atomic mass is 16.5. The highest BCUT2D eigenvalue weighted by Crippen LogP contribution is 2.16. The molecule has 7 heteroatoms. The molecule has 0 radical (unpaired) electrons. The molecule has 0 saturated heterocycles. The van der Waals surface area contributed by atoms with Gasteiger partial charge in [0, 0.05) is 23.5 Å². The van der Waals surface area contributed by atoms with Crippen LogP contribution in [0.4, 0.5) is 5.69 Å². The lowest BCUT2D eigenvalue weighted by Crippen LogP contribution is -2.21. The third kappa shape index (κ3) is 5.84. The number of esters is 1. The van der Waals surface area contributed by atoms with E-state index >= 15 is 0 Å². The number of carbonyl (C=O) groups excluding carboxylic acids is 2. The number of aromatic nitrogens is 2. The molecule has 0 saturated carbocycles. The zero-order chi connectivity index (χ0) is 20.0. The summed E-state index contributed by atoms with van der Waals surface area (Å²) in [5.74, 6) is 0.320. The van der Waals surface area contributed by atoms with Crippen molar-refractivity contribution in [1.29, 1.82) is 0 Å². The molecule has 0 aliphatic rings. The third-order valence-electron chi connectivity index (χ3n) is 4.13. The van der Waals surface area contributed by atoms with Crippen molar-refractivity contribution in [2.24, 2.45) is 5.92 Å². The Balaban J connectivity index is 1.86. The van der Waals surface area contributed by atoms with Gasteiger partial charge in [-0.15, -0.1) is 0 Å². The Morgan fingerprint density at radius 2 is 1.85 bits per heavy atom. The van der Waals surface area contributed by atoms with E-state index in [-0.39, 0.29) is 13.0 Å². The maximum absolute atomic E-state index is 12.1. The van der Waals surface area contributed by atoms with Gasteiger partial charge in [-0.2, -0.15) is 5.10 Å². The number of hydrogen-bond acceptors (Lipinski definition) is 5. The van der Waals surface area contributed by atoms with E-state index in [2.05, 4.69) is 24.3 Å². The van der Waals surface area contributed by atoms with E-state index in [0.717, 1.165) is 23.5 Å². The molecule has 0 aliphatic heterocycles. The molecule has 1 N–H and O–H groups in total. The fraction of sp³-hybridized carbons (Fsp3) is 0.450. The fourth-order valence-corrected chi connectivity index (χ4v) is 2.73. The van der Waals surface area contributed by atoms with Crippen LogP contribution >= 0.6 is 0 Å². The summed E-state index contributed by atoms with van der Waals surface area (Å²) >= 11 is 0. The standard InChI is InChI=1S/C20H27N3O4/c1-13(2)11-23-15(4)18(14(3)22-23)10-20(25)27-12-19(24)21-16-6-8-17(26-5)9-7-16/h6-9,13H,10-12H2,1-5H3,(H,21,24). The van der Waals surface area contributed by atoms with Gasteiger partial charge in [0.05, 0.1) is 19.2 Å². The minimum atomic E-state index is -0.449. The number of hydrogen-bond donors (Lipinski definition) is 1. The molecule has 1 aromatic heterocycles. The number of ether oxygens (including phenoxy) is 2. The largest absolute Gasteiger partial charge is 0.497 e. The normalized spacial score (nSPS) is 10.7. The summed E-state index contributed by atoms with van der Waals surface area (Å²) in [5.41, 5.74) is 3.24. The van der Waals surface area contributed by atoms with Crippen LogP contribution in [0.5, 0.6) is 5.75 Å². The fourth-order valence-electron chi connectivity index (χ4n) is 2.73. The second-order valence-corrected chi connectivity index (χ2v) is 6.84. The van der Waals surface area contributed by atoms with Gasteiger partial charge in [-0.3, -0.25) is 14.3 Å². The van der Waals surface area contributed by atoms with Crippen molar-refractivity contribution < 1.29 is 19.1 Å². The number of nitrogens with one attached hydrogen (secondary N) is 1. The van der Waals surface area contributed by atoms with E-state index in [1.165, 1.54) is 0 Å². The molecular weight excluding hydrogens is 346 g/mol. The molecule has 7 nitrogen and oxygen atoms in total. The van der Waals surface area contributed by atoms with Crippen molar-refractivity contribution in [1.82, 2.24) is 9.78 Å². The molecule has 1 aromatic carbocycles. The van der Waals surface area contributed by atoms with Crippen molar-refractivity contribution in [2.75, 3.05) is 19.0 Å². The van der Waals surface area contributed by atoms with Gasteiger partial charge in [0.2, 0.25) is 0 Å². The van der Waals surface area contributed by atoms with Gasteiger partial charge < -0.3 is 14.8 Å². The zero-order valence-corrected chi connectivity index (χ0v) is 16.5. The SMILES string of the molecule is COc1ccc(NC(=O)COC(=O)Cc2c(C)nn(CC(C)C)c2C)cc1. The molecule has 1 amide bonds. The molecule has 0 aliphatic carbocycles. The summed E-state index contributed by atoms with van der Waals surface area (Å²) in [6.45, 7) is 8.52. The van der Waals surface area contributed by atoms with Crippen molar-refractivity contribution in [2.45, 2.75) is 40.7 Å². The molecule has 0 fully saturated rings. The maximum Gasteiger partial charge on any atom is 0.310 e. The smallest absolute Gasteiger partial charge is 0.310 e. The Kier molecular flexibility index (Phi) is 6.98. The van der Waals surface area contributed by atoms with Crippen molar-refractivity contribution in [3.8, 4) is 5.75 Å². The summed E-state index contributed by atoms with van der Waals surface area (Å²) in [7, 11) is 1.57. The van der Waals surface area contributed by atoms with Crippen molar-refractivity contribution >= 4 is 17.6 Å². The second-order valence-electron chi connectivity index (χ2n) is 6.84. The van der Waals surface area contributed by atoms with Crippen LogP contribution in [-0.2, 0) is 27.3 Å². The molecule has 0 atom stereocenters. The van der Waals surface area contributed by atoms with Crippen LogP contribution in [0.15, 0.2) is 24.3 Å². The van der Waals surface area contributed by atoms with Gasteiger partial charge in [-0.25, -0.2) is 0 Å². The van der Waals surface area contributed by atoms with Crippen LogP contribution in [0, 0.1) is 19.8 Å². The quantitative estimate of drug-likeness (QED) is 0.720. The number of amides is 1. The first kappa shape index (κ1) is 20.5. The predicted molar refractivity (Wildman–Crippen MR) is 103 cm³/mol. The molecule has 0 spiro atoms. The first-order valence-electron chi connectivity index (χ1n) is 8.92. The van der Waals surface area contributed by atoms with Crippen LogP contribution in [-0.4, -0.2) is 35.4 Å². The molecule has 146 valence electrons. The van der Waals surface area contributed by atoms with E-state index in [1.807, 2.05) is 18.5 Å². The lowest BCUT2D eigenvalue weighted by Gasteiger charge is -2.09. The molecule has 0 unspecified atom stereocenters. The summed E-state index contributed by atoms with van der Waals surface area (Å²) in [4.78, 5) is 24.1. The monoisotopic (exact) mass is 373 g/mol. The van der Waals surface area contributed by atoms with E-state index in [4.69, 9.17) is 9.47 Å². The van der Waals surface area contributed by atoms with E-state index < -0.39 is 11.9 Å². The Morgan fingerprint density at radius 3 is 2.44 bits per heavy atom. The number of anilines is 1. The van der Waals surface area contributed by atoms with Crippen LogP contribution in [0.2, 0.25) is 0 Å².